The number of hydrogen-bond donors (Lipinski definition) is 3. The second-order valence-electron chi connectivity index (χ2n) is 5.08. The molecule has 3 rings (SSSR count). The lowest BCUT2D eigenvalue weighted by molar-refractivity contribution is -0.129. The van der Waals surface area contributed by atoms with Gasteiger partial charge in [0.2, 0.25) is 11.4 Å². The summed E-state index contributed by atoms with van der Waals surface area (Å²) < 4.78 is 9.94. The molecule has 0 radical (unpaired) electrons. The van der Waals surface area contributed by atoms with Crippen LogP contribution in [-0.2, 0) is 15.1 Å². The molecule has 24 heavy (non-hydrogen) atoms. The number of ether oxygens (including phenoxy) is 1. The van der Waals surface area contributed by atoms with Gasteiger partial charge in [-0.2, -0.15) is 0 Å². The number of amides is 1. The fourth-order valence-electron chi connectivity index (χ4n) is 2.57. The topological polar surface area (TPSA) is 115 Å². The predicted molar refractivity (Wildman–Crippen MR) is 87.2 cm³/mol. The number of fused-ring (bicyclic) bond motifs is 1. The monoisotopic (exact) mass is 370 g/mol. The zero-order valence-electron chi connectivity index (χ0n) is 12.4. The highest BCUT2D eigenvalue weighted by Gasteiger charge is 2.50. The van der Waals surface area contributed by atoms with E-state index in [1.165, 1.54) is 12.1 Å². The molecule has 0 saturated carbocycles. The third-order valence-corrected chi connectivity index (χ3v) is 4.16. The SMILES string of the molecule is CCOC(=O)c1cc(C2(O)C(=O)Nc3c(Cl)cc(Cl)cc32)c(N)o1. The van der Waals surface area contributed by atoms with Crippen molar-refractivity contribution >= 4 is 46.6 Å². The van der Waals surface area contributed by atoms with E-state index in [-0.39, 0.29) is 45.1 Å². The summed E-state index contributed by atoms with van der Waals surface area (Å²) in [7, 11) is 0. The Kier molecular flexibility index (Phi) is 3.95. The van der Waals surface area contributed by atoms with Crippen LogP contribution < -0.4 is 11.1 Å². The third kappa shape index (κ3) is 2.32. The van der Waals surface area contributed by atoms with E-state index < -0.39 is 17.5 Å². The van der Waals surface area contributed by atoms with Gasteiger partial charge in [-0.05, 0) is 19.1 Å². The van der Waals surface area contributed by atoms with Crippen molar-refractivity contribution in [1.82, 2.24) is 0 Å². The molecule has 0 aliphatic carbocycles. The number of carbonyl (C=O) groups excluding carboxylic acids is 2. The lowest BCUT2D eigenvalue weighted by Gasteiger charge is -2.20. The number of aliphatic hydroxyl groups is 1. The molecule has 1 aliphatic heterocycles. The highest BCUT2D eigenvalue weighted by atomic mass is 35.5. The Hall–Kier alpha value is -2.22. The fraction of sp³-hybridized carbons (Fsp3) is 0.200. The maximum absolute atomic E-state index is 12.4. The molecule has 7 nitrogen and oxygen atoms in total. The van der Waals surface area contributed by atoms with Gasteiger partial charge in [-0.3, -0.25) is 4.79 Å². The van der Waals surface area contributed by atoms with Crippen molar-refractivity contribution in [2.45, 2.75) is 12.5 Å². The highest BCUT2D eigenvalue weighted by molar-refractivity contribution is 6.38. The van der Waals surface area contributed by atoms with Gasteiger partial charge < -0.3 is 25.3 Å². The Morgan fingerprint density at radius 2 is 2.08 bits per heavy atom. The van der Waals surface area contributed by atoms with E-state index >= 15 is 0 Å². The molecular formula is C15H12Cl2N2O5. The smallest absolute Gasteiger partial charge is 0.374 e. The van der Waals surface area contributed by atoms with Gasteiger partial charge in [-0.15, -0.1) is 0 Å². The predicted octanol–water partition coefficient (Wildman–Crippen LogP) is 2.53. The molecule has 0 spiro atoms. The van der Waals surface area contributed by atoms with Gasteiger partial charge in [-0.25, -0.2) is 4.79 Å². The van der Waals surface area contributed by atoms with Crippen molar-refractivity contribution in [3.63, 3.8) is 0 Å². The van der Waals surface area contributed by atoms with Gasteiger partial charge in [0.1, 0.15) is 0 Å². The van der Waals surface area contributed by atoms with Gasteiger partial charge in [0, 0.05) is 16.7 Å². The van der Waals surface area contributed by atoms with Crippen LogP contribution in [0.1, 0.15) is 28.6 Å². The van der Waals surface area contributed by atoms with Crippen LogP contribution in [-0.4, -0.2) is 23.6 Å². The molecule has 1 amide bonds. The minimum Gasteiger partial charge on any atom is -0.460 e. The van der Waals surface area contributed by atoms with E-state index in [2.05, 4.69) is 5.32 Å². The minimum atomic E-state index is -2.19. The Bertz CT molecular complexity index is 864. The number of hydrogen-bond acceptors (Lipinski definition) is 6. The molecule has 0 saturated heterocycles. The average molecular weight is 371 g/mol. The van der Waals surface area contributed by atoms with Crippen LogP contribution in [0, 0.1) is 0 Å². The number of nitrogen functional groups attached to an aromatic ring is 1. The summed E-state index contributed by atoms with van der Waals surface area (Å²) >= 11 is 12.0. The van der Waals surface area contributed by atoms with E-state index in [1.54, 1.807) is 6.92 Å². The Morgan fingerprint density at radius 1 is 1.38 bits per heavy atom. The third-order valence-electron chi connectivity index (χ3n) is 3.64. The van der Waals surface area contributed by atoms with Crippen LogP contribution in [0.4, 0.5) is 11.6 Å². The minimum absolute atomic E-state index is 0.0971. The van der Waals surface area contributed by atoms with Crippen LogP contribution in [0.5, 0.6) is 0 Å². The van der Waals surface area contributed by atoms with Crippen molar-refractivity contribution in [3.05, 3.63) is 45.1 Å². The number of benzene rings is 1. The summed E-state index contributed by atoms with van der Waals surface area (Å²) in [4.78, 5) is 24.2. The lowest BCUT2D eigenvalue weighted by Crippen LogP contribution is -2.35. The number of furan rings is 1. The molecule has 2 aromatic rings. The van der Waals surface area contributed by atoms with Crippen LogP contribution in [0.3, 0.4) is 0 Å². The van der Waals surface area contributed by atoms with Gasteiger partial charge >= 0.3 is 5.97 Å². The molecule has 9 heteroatoms. The van der Waals surface area contributed by atoms with E-state index in [9.17, 15) is 14.7 Å². The Labute approximate surface area is 146 Å². The second kappa shape index (κ2) is 5.70. The fourth-order valence-corrected chi connectivity index (χ4v) is 3.11. The summed E-state index contributed by atoms with van der Waals surface area (Å²) in [5.41, 5.74) is 3.80. The van der Waals surface area contributed by atoms with Gasteiger partial charge in [0.05, 0.1) is 22.9 Å². The van der Waals surface area contributed by atoms with E-state index in [1.807, 2.05) is 0 Å². The molecule has 2 heterocycles. The highest BCUT2D eigenvalue weighted by Crippen LogP contribution is 2.47. The number of nitrogens with one attached hydrogen (secondary N) is 1. The standard InChI is InChI=1S/C15H12Cl2N2O5/c1-2-23-13(20)10-5-8(12(18)24-10)15(22)7-3-6(16)4-9(17)11(7)19-14(15)21/h3-5,22H,2,18H2,1H3,(H,19,21). The van der Waals surface area contributed by atoms with Crippen molar-refractivity contribution < 1.29 is 23.8 Å². The Balaban J connectivity index is 2.17. The summed E-state index contributed by atoms with van der Waals surface area (Å²) in [6, 6.07) is 3.98. The number of rotatable bonds is 3. The van der Waals surface area contributed by atoms with Crippen LogP contribution in [0.15, 0.2) is 22.6 Å². The first-order valence-electron chi connectivity index (χ1n) is 6.89. The molecule has 1 aliphatic rings. The van der Waals surface area contributed by atoms with Crippen LogP contribution in [0.25, 0.3) is 0 Å². The molecule has 1 aromatic heterocycles. The maximum Gasteiger partial charge on any atom is 0.374 e. The summed E-state index contributed by atoms with van der Waals surface area (Å²) in [6.45, 7) is 1.76. The molecular weight excluding hydrogens is 359 g/mol. The number of esters is 1. The second-order valence-corrected chi connectivity index (χ2v) is 5.93. The number of carbonyl (C=O) groups is 2. The number of nitrogens with two attached hydrogens (primary N) is 1. The largest absolute Gasteiger partial charge is 0.460 e. The maximum atomic E-state index is 12.4. The quantitative estimate of drug-likeness (QED) is 0.715. The zero-order valence-corrected chi connectivity index (χ0v) is 13.9. The molecule has 126 valence electrons. The van der Waals surface area contributed by atoms with Crippen LogP contribution >= 0.6 is 23.2 Å². The molecule has 0 fully saturated rings. The van der Waals surface area contributed by atoms with Crippen molar-refractivity contribution in [1.29, 1.82) is 0 Å². The van der Waals surface area contributed by atoms with Crippen molar-refractivity contribution in [3.8, 4) is 0 Å². The summed E-state index contributed by atoms with van der Waals surface area (Å²) in [5.74, 6) is -2.07. The number of anilines is 2. The number of halogens is 2. The average Bonchev–Trinajstić information content (AvgIpc) is 3.01. The zero-order chi connectivity index (χ0) is 17.6. The molecule has 1 aromatic carbocycles. The molecule has 1 unspecified atom stereocenters. The van der Waals surface area contributed by atoms with E-state index in [4.69, 9.17) is 38.1 Å². The van der Waals surface area contributed by atoms with Gasteiger partial charge in [0.15, 0.2) is 5.88 Å². The van der Waals surface area contributed by atoms with Gasteiger partial charge in [-0.1, -0.05) is 23.2 Å². The first-order chi connectivity index (χ1) is 11.3. The molecule has 1 atom stereocenters. The van der Waals surface area contributed by atoms with E-state index in [0.717, 1.165) is 6.07 Å². The Morgan fingerprint density at radius 3 is 2.75 bits per heavy atom. The summed E-state index contributed by atoms with van der Waals surface area (Å²) in [6.07, 6.45) is 0. The summed E-state index contributed by atoms with van der Waals surface area (Å²) in [5, 5.41) is 13.9. The molecule has 4 N–H and O–H groups in total. The first kappa shape index (κ1) is 16.6. The molecule has 0 bridgehead atoms. The van der Waals surface area contributed by atoms with Crippen molar-refractivity contribution in [2.75, 3.05) is 17.7 Å². The first-order valence-corrected chi connectivity index (χ1v) is 7.64. The van der Waals surface area contributed by atoms with Crippen LogP contribution in [0.2, 0.25) is 10.0 Å². The van der Waals surface area contributed by atoms with E-state index in [0.29, 0.717) is 0 Å². The normalized spacial score (nSPS) is 19.1. The lowest BCUT2D eigenvalue weighted by atomic mass is 9.88. The van der Waals surface area contributed by atoms with Crippen molar-refractivity contribution in [2.24, 2.45) is 0 Å². The van der Waals surface area contributed by atoms with Gasteiger partial charge in [0.25, 0.3) is 5.91 Å².